The van der Waals surface area contributed by atoms with Crippen LogP contribution in [0, 0.1) is 25.2 Å². The van der Waals surface area contributed by atoms with E-state index in [1.807, 2.05) is 43.3 Å². The Balaban J connectivity index is 1.82. The first-order valence-corrected chi connectivity index (χ1v) is 12.6. The van der Waals surface area contributed by atoms with Gasteiger partial charge in [0.2, 0.25) is 0 Å². The van der Waals surface area contributed by atoms with Gasteiger partial charge in [-0.05, 0) is 67.2 Å². The largest absolute Gasteiger partial charge is 0.467 e. The lowest BCUT2D eigenvalue weighted by atomic mass is 9.87. The van der Waals surface area contributed by atoms with Crippen molar-refractivity contribution >= 4 is 11.9 Å². The molecule has 1 atom stereocenters. The molecule has 5 heteroatoms. The van der Waals surface area contributed by atoms with Gasteiger partial charge in [-0.2, -0.15) is 0 Å². The summed E-state index contributed by atoms with van der Waals surface area (Å²) in [7, 11) is 3.45. The van der Waals surface area contributed by atoms with Gasteiger partial charge in [0.1, 0.15) is 6.04 Å². The summed E-state index contributed by atoms with van der Waals surface area (Å²) in [6.07, 6.45) is 13.6. The van der Waals surface area contributed by atoms with Crippen molar-refractivity contribution in [3.63, 3.8) is 0 Å². The molecule has 2 aromatic carbocycles. The summed E-state index contributed by atoms with van der Waals surface area (Å²) in [6.45, 7) is 3.92. The molecule has 0 saturated heterocycles. The van der Waals surface area contributed by atoms with Crippen LogP contribution in [0.1, 0.15) is 66.4 Å². The number of aryl methyl sites for hydroxylation is 1. The van der Waals surface area contributed by atoms with Gasteiger partial charge in [0, 0.05) is 18.5 Å². The Morgan fingerprint density at radius 2 is 1.89 bits per heavy atom. The monoisotopic (exact) mass is 474 g/mol. The number of ether oxygens (including phenoxy) is 1. The molecule has 0 heterocycles. The standard InChI is InChI=1S/C30H38N2O3/c1-5-11-28(30(34)35-4)31-29(33)26-17-16-24(20-27(26)25-15-10-9-12-22(25)2)21-32(3)19-18-23-13-7-6-8-14-23/h1,9-10,12,15-17,20,23,28H,6-8,11,13-14,18-19,21H2,2-4H3,(H,31,33)/t28-/m0/s1. The molecular weight excluding hydrogens is 436 g/mol. The third-order valence-electron chi connectivity index (χ3n) is 6.97. The summed E-state index contributed by atoms with van der Waals surface area (Å²) in [6, 6.07) is 13.1. The summed E-state index contributed by atoms with van der Waals surface area (Å²) < 4.78 is 4.81. The van der Waals surface area contributed by atoms with Crippen LogP contribution in [-0.4, -0.2) is 43.5 Å². The Labute approximate surface area is 210 Å². The highest BCUT2D eigenvalue weighted by molar-refractivity contribution is 6.03. The molecule has 0 radical (unpaired) electrons. The topological polar surface area (TPSA) is 58.6 Å². The quantitative estimate of drug-likeness (QED) is 0.372. The molecule has 0 spiro atoms. The molecule has 0 aliphatic heterocycles. The third-order valence-corrected chi connectivity index (χ3v) is 6.97. The number of hydrogen-bond donors (Lipinski definition) is 1. The van der Waals surface area contributed by atoms with Gasteiger partial charge in [-0.3, -0.25) is 4.79 Å². The van der Waals surface area contributed by atoms with Crippen LogP contribution in [0.4, 0.5) is 0 Å². The van der Waals surface area contributed by atoms with Crippen LogP contribution in [0.5, 0.6) is 0 Å². The zero-order chi connectivity index (χ0) is 25.2. The minimum atomic E-state index is -0.882. The van der Waals surface area contributed by atoms with Crippen molar-refractivity contribution in [1.29, 1.82) is 0 Å². The van der Waals surface area contributed by atoms with E-state index < -0.39 is 12.0 Å². The average Bonchev–Trinajstić information content (AvgIpc) is 2.87. The highest BCUT2D eigenvalue weighted by Gasteiger charge is 2.23. The number of carbonyl (C=O) groups excluding carboxylic acids is 2. The summed E-state index contributed by atoms with van der Waals surface area (Å²) >= 11 is 0. The number of benzene rings is 2. The fourth-order valence-corrected chi connectivity index (χ4v) is 4.94. The summed E-state index contributed by atoms with van der Waals surface area (Å²) in [4.78, 5) is 27.7. The van der Waals surface area contributed by atoms with E-state index in [4.69, 9.17) is 11.2 Å². The number of methoxy groups -OCH3 is 1. The predicted molar refractivity (Wildman–Crippen MR) is 141 cm³/mol. The Morgan fingerprint density at radius 3 is 2.57 bits per heavy atom. The highest BCUT2D eigenvalue weighted by atomic mass is 16.5. The predicted octanol–water partition coefficient (Wildman–Crippen LogP) is 5.36. The molecule has 186 valence electrons. The lowest BCUT2D eigenvalue weighted by molar-refractivity contribution is -0.142. The molecule has 0 bridgehead atoms. The molecule has 35 heavy (non-hydrogen) atoms. The number of terminal acetylenes is 1. The SMILES string of the molecule is C#CC[C@H](NC(=O)c1ccc(CN(C)CCC2CCCCC2)cc1-c1ccccc1C)C(=O)OC. The van der Waals surface area contributed by atoms with Crippen molar-refractivity contribution in [1.82, 2.24) is 10.2 Å². The second-order valence-electron chi connectivity index (χ2n) is 9.68. The van der Waals surface area contributed by atoms with Crippen molar-refractivity contribution in [3.05, 3.63) is 59.2 Å². The summed E-state index contributed by atoms with van der Waals surface area (Å²) in [5, 5.41) is 2.77. The average molecular weight is 475 g/mol. The summed E-state index contributed by atoms with van der Waals surface area (Å²) in [5.74, 6) is 2.40. The van der Waals surface area contributed by atoms with E-state index in [2.05, 4.69) is 29.3 Å². The maximum absolute atomic E-state index is 13.3. The normalized spacial score (nSPS) is 14.8. The fourth-order valence-electron chi connectivity index (χ4n) is 4.94. The van der Waals surface area contributed by atoms with Gasteiger partial charge in [-0.15, -0.1) is 12.3 Å². The Hall–Kier alpha value is -3.10. The molecule has 1 saturated carbocycles. The van der Waals surface area contributed by atoms with Gasteiger partial charge in [0.25, 0.3) is 5.91 Å². The molecule has 3 rings (SSSR count). The minimum absolute atomic E-state index is 0.0714. The maximum Gasteiger partial charge on any atom is 0.329 e. The number of nitrogens with zero attached hydrogens (tertiary/aromatic N) is 1. The van der Waals surface area contributed by atoms with Gasteiger partial charge in [-0.1, -0.05) is 62.4 Å². The van der Waals surface area contributed by atoms with E-state index in [9.17, 15) is 9.59 Å². The van der Waals surface area contributed by atoms with Gasteiger partial charge >= 0.3 is 5.97 Å². The van der Waals surface area contributed by atoms with E-state index in [1.54, 1.807) is 0 Å². The Morgan fingerprint density at radius 1 is 1.14 bits per heavy atom. The molecule has 0 unspecified atom stereocenters. The lowest BCUT2D eigenvalue weighted by Crippen LogP contribution is -2.41. The van der Waals surface area contributed by atoms with Crippen LogP contribution in [-0.2, 0) is 16.1 Å². The molecule has 2 aromatic rings. The van der Waals surface area contributed by atoms with Crippen LogP contribution in [0.15, 0.2) is 42.5 Å². The fraction of sp³-hybridized carbons (Fsp3) is 0.467. The number of amides is 1. The minimum Gasteiger partial charge on any atom is -0.467 e. The second kappa shape index (κ2) is 13.1. The lowest BCUT2D eigenvalue weighted by Gasteiger charge is -2.25. The van der Waals surface area contributed by atoms with Crippen LogP contribution in [0.25, 0.3) is 11.1 Å². The van der Waals surface area contributed by atoms with Crippen molar-refractivity contribution < 1.29 is 14.3 Å². The highest BCUT2D eigenvalue weighted by Crippen LogP contribution is 2.29. The van der Waals surface area contributed by atoms with Crippen LogP contribution in [0.2, 0.25) is 0 Å². The zero-order valence-corrected chi connectivity index (χ0v) is 21.3. The van der Waals surface area contributed by atoms with Crippen molar-refractivity contribution in [3.8, 4) is 23.5 Å². The van der Waals surface area contributed by atoms with Gasteiger partial charge < -0.3 is 15.0 Å². The first kappa shape index (κ1) is 26.5. The molecule has 0 aromatic heterocycles. The van der Waals surface area contributed by atoms with E-state index in [0.717, 1.165) is 41.3 Å². The molecular formula is C30H38N2O3. The molecule has 1 aliphatic carbocycles. The second-order valence-corrected chi connectivity index (χ2v) is 9.68. The molecule has 1 amide bonds. The third kappa shape index (κ3) is 7.44. The van der Waals surface area contributed by atoms with Crippen molar-refractivity contribution in [2.75, 3.05) is 20.7 Å². The smallest absolute Gasteiger partial charge is 0.329 e. The molecule has 5 nitrogen and oxygen atoms in total. The van der Waals surface area contributed by atoms with Gasteiger partial charge in [0.05, 0.1) is 7.11 Å². The van der Waals surface area contributed by atoms with Gasteiger partial charge in [-0.25, -0.2) is 4.79 Å². The van der Waals surface area contributed by atoms with E-state index >= 15 is 0 Å². The molecule has 1 fully saturated rings. The number of rotatable bonds is 10. The Kier molecular flexibility index (Phi) is 9.93. The van der Waals surface area contributed by atoms with E-state index in [-0.39, 0.29) is 12.3 Å². The number of carbonyl (C=O) groups is 2. The van der Waals surface area contributed by atoms with Crippen LogP contribution < -0.4 is 5.32 Å². The number of esters is 1. The van der Waals surface area contributed by atoms with E-state index in [0.29, 0.717) is 5.56 Å². The summed E-state index contributed by atoms with van der Waals surface area (Å²) in [5.41, 5.74) is 4.59. The van der Waals surface area contributed by atoms with Gasteiger partial charge in [0.15, 0.2) is 0 Å². The van der Waals surface area contributed by atoms with Crippen molar-refractivity contribution in [2.24, 2.45) is 5.92 Å². The maximum atomic E-state index is 13.3. The number of nitrogens with one attached hydrogen (secondary N) is 1. The van der Waals surface area contributed by atoms with Crippen molar-refractivity contribution in [2.45, 2.75) is 64.5 Å². The first-order chi connectivity index (χ1) is 16.9. The van der Waals surface area contributed by atoms with Crippen LogP contribution >= 0.6 is 0 Å². The van der Waals surface area contributed by atoms with Crippen LogP contribution in [0.3, 0.4) is 0 Å². The molecule has 1 aliphatic rings. The Bertz CT molecular complexity index is 1050. The number of hydrogen-bond acceptors (Lipinski definition) is 4. The zero-order valence-electron chi connectivity index (χ0n) is 21.3. The van der Waals surface area contributed by atoms with E-state index in [1.165, 1.54) is 45.6 Å². The molecule has 1 N–H and O–H groups in total. The first-order valence-electron chi connectivity index (χ1n) is 12.6.